The molecule has 114 valence electrons. The average Bonchev–Trinajstić information content (AvgIpc) is 2.47. The number of piperazine rings is 1. The zero-order chi connectivity index (χ0) is 15.4. The van der Waals surface area contributed by atoms with Crippen LogP contribution in [0.5, 0.6) is 0 Å². The Hall–Kier alpha value is -1.95. The molecular formula is C15H21N3O3. The van der Waals surface area contributed by atoms with Crippen LogP contribution in [0.25, 0.3) is 0 Å². The van der Waals surface area contributed by atoms with Crippen LogP contribution in [0.3, 0.4) is 0 Å². The van der Waals surface area contributed by atoms with Crippen molar-refractivity contribution in [2.45, 2.75) is 13.8 Å². The number of pyridine rings is 1. The van der Waals surface area contributed by atoms with E-state index >= 15 is 0 Å². The lowest BCUT2D eigenvalue weighted by molar-refractivity contribution is 0.0620. The lowest BCUT2D eigenvalue weighted by Crippen LogP contribution is -2.49. The number of hydrogen-bond donors (Lipinski definition) is 1. The van der Waals surface area contributed by atoms with E-state index in [2.05, 4.69) is 23.7 Å². The number of carbonyl (C=O) groups is 2. The van der Waals surface area contributed by atoms with E-state index < -0.39 is 5.97 Å². The lowest BCUT2D eigenvalue weighted by atomic mass is 10.1. The van der Waals surface area contributed by atoms with Gasteiger partial charge in [0.05, 0.1) is 5.56 Å². The lowest BCUT2D eigenvalue weighted by Gasteiger charge is -2.35. The van der Waals surface area contributed by atoms with Gasteiger partial charge in [-0.2, -0.15) is 0 Å². The predicted octanol–water partition coefficient (Wildman–Crippen LogP) is 1.19. The van der Waals surface area contributed by atoms with Crippen molar-refractivity contribution in [2.24, 2.45) is 5.92 Å². The Labute approximate surface area is 124 Å². The highest BCUT2D eigenvalue weighted by Crippen LogP contribution is 2.10. The number of aromatic carboxylic acids is 1. The maximum atomic E-state index is 12.3. The van der Waals surface area contributed by atoms with Gasteiger partial charge in [0, 0.05) is 38.9 Å². The first-order valence-electron chi connectivity index (χ1n) is 7.18. The van der Waals surface area contributed by atoms with Crippen LogP contribution >= 0.6 is 0 Å². The van der Waals surface area contributed by atoms with Gasteiger partial charge >= 0.3 is 5.97 Å². The minimum Gasteiger partial charge on any atom is -0.477 e. The van der Waals surface area contributed by atoms with Crippen molar-refractivity contribution in [1.82, 2.24) is 14.8 Å². The highest BCUT2D eigenvalue weighted by molar-refractivity contribution is 5.95. The Bertz CT molecular complexity index is 505. The van der Waals surface area contributed by atoms with Gasteiger partial charge in [0.25, 0.3) is 5.91 Å². The second kappa shape index (κ2) is 6.67. The van der Waals surface area contributed by atoms with Gasteiger partial charge in [-0.1, -0.05) is 13.8 Å². The van der Waals surface area contributed by atoms with E-state index in [4.69, 9.17) is 5.11 Å². The summed E-state index contributed by atoms with van der Waals surface area (Å²) in [5.41, 5.74) is 0.394. The number of nitrogens with zero attached hydrogens (tertiary/aromatic N) is 3. The number of carbonyl (C=O) groups excluding carboxylic acids is 1. The molecule has 6 heteroatoms. The van der Waals surface area contributed by atoms with Crippen molar-refractivity contribution in [3.63, 3.8) is 0 Å². The molecule has 0 spiro atoms. The van der Waals surface area contributed by atoms with Crippen LogP contribution in [0.2, 0.25) is 0 Å². The third-order valence-corrected chi connectivity index (χ3v) is 3.51. The van der Waals surface area contributed by atoms with Crippen molar-refractivity contribution in [2.75, 3.05) is 32.7 Å². The molecule has 0 saturated carbocycles. The summed E-state index contributed by atoms with van der Waals surface area (Å²) in [5, 5.41) is 8.80. The Balaban J connectivity index is 1.94. The Kier molecular flexibility index (Phi) is 4.90. The summed E-state index contributed by atoms with van der Waals surface area (Å²) in [6.45, 7) is 8.59. The van der Waals surface area contributed by atoms with Crippen LogP contribution in [0.15, 0.2) is 18.3 Å². The topological polar surface area (TPSA) is 73.7 Å². The molecule has 6 nitrogen and oxygen atoms in total. The van der Waals surface area contributed by atoms with E-state index in [0.717, 1.165) is 19.6 Å². The summed E-state index contributed by atoms with van der Waals surface area (Å²) >= 11 is 0. The maximum absolute atomic E-state index is 12.3. The molecule has 2 rings (SSSR count). The smallest absolute Gasteiger partial charge is 0.354 e. The van der Waals surface area contributed by atoms with Crippen molar-refractivity contribution in [3.05, 3.63) is 29.6 Å². The Morgan fingerprint density at radius 2 is 1.90 bits per heavy atom. The van der Waals surface area contributed by atoms with Gasteiger partial charge in [-0.25, -0.2) is 9.78 Å². The molecular weight excluding hydrogens is 270 g/mol. The number of carboxylic acids is 1. The summed E-state index contributed by atoms with van der Waals surface area (Å²) in [7, 11) is 0. The zero-order valence-corrected chi connectivity index (χ0v) is 12.5. The minimum absolute atomic E-state index is 0.0479. The number of amides is 1. The summed E-state index contributed by atoms with van der Waals surface area (Å²) < 4.78 is 0. The maximum Gasteiger partial charge on any atom is 0.354 e. The standard InChI is InChI=1S/C15H21N3O3/c1-11(2)10-17-5-7-18(8-6-17)14(19)12-3-4-13(15(20)21)16-9-12/h3-4,9,11H,5-8,10H2,1-2H3,(H,20,21). The number of hydrogen-bond acceptors (Lipinski definition) is 4. The third-order valence-electron chi connectivity index (χ3n) is 3.51. The monoisotopic (exact) mass is 291 g/mol. The Morgan fingerprint density at radius 3 is 2.38 bits per heavy atom. The first-order chi connectivity index (χ1) is 9.97. The molecule has 0 radical (unpaired) electrons. The molecule has 1 saturated heterocycles. The summed E-state index contributed by atoms with van der Waals surface area (Å²) in [6, 6.07) is 2.89. The van der Waals surface area contributed by atoms with Gasteiger partial charge in [-0.05, 0) is 18.1 Å². The van der Waals surface area contributed by atoms with Crippen molar-refractivity contribution in [3.8, 4) is 0 Å². The van der Waals surface area contributed by atoms with Crippen LogP contribution in [0.1, 0.15) is 34.7 Å². The fraction of sp³-hybridized carbons (Fsp3) is 0.533. The fourth-order valence-corrected chi connectivity index (χ4v) is 2.48. The molecule has 0 aliphatic carbocycles. The SMILES string of the molecule is CC(C)CN1CCN(C(=O)c2ccc(C(=O)O)nc2)CC1. The largest absolute Gasteiger partial charge is 0.477 e. The van der Waals surface area contributed by atoms with Crippen molar-refractivity contribution >= 4 is 11.9 Å². The highest BCUT2D eigenvalue weighted by atomic mass is 16.4. The summed E-state index contributed by atoms with van der Waals surface area (Å²) in [6.07, 6.45) is 1.34. The van der Waals surface area contributed by atoms with Gasteiger partial charge < -0.3 is 10.0 Å². The molecule has 1 aromatic rings. The van der Waals surface area contributed by atoms with E-state index in [-0.39, 0.29) is 11.6 Å². The summed E-state index contributed by atoms with van der Waals surface area (Å²) in [4.78, 5) is 31.0. The number of aromatic nitrogens is 1. The molecule has 0 atom stereocenters. The van der Waals surface area contributed by atoms with Crippen molar-refractivity contribution < 1.29 is 14.7 Å². The van der Waals surface area contributed by atoms with Gasteiger partial charge in [0.15, 0.2) is 0 Å². The normalized spacial score (nSPS) is 16.2. The average molecular weight is 291 g/mol. The van der Waals surface area contributed by atoms with Crippen LogP contribution in [0.4, 0.5) is 0 Å². The molecule has 0 bridgehead atoms. The molecule has 1 aromatic heterocycles. The second-order valence-corrected chi connectivity index (χ2v) is 5.72. The molecule has 0 unspecified atom stereocenters. The fourth-order valence-electron chi connectivity index (χ4n) is 2.48. The molecule has 1 amide bonds. The summed E-state index contributed by atoms with van der Waals surface area (Å²) in [5.74, 6) is -0.542. The number of rotatable bonds is 4. The highest BCUT2D eigenvalue weighted by Gasteiger charge is 2.22. The molecule has 2 heterocycles. The van der Waals surface area contributed by atoms with Crippen molar-refractivity contribution in [1.29, 1.82) is 0 Å². The molecule has 1 aliphatic rings. The molecule has 1 aliphatic heterocycles. The van der Waals surface area contributed by atoms with Crippen LogP contribution in [-0.4, -0.2) is 64.5 Å². The first-order valence-corrected chi connectivity index (χ1v) is 7.18. The molecule has 0 aromatic carbocycles. The van der Waals surface area contributed by atoms with E-state index in [0.29, 0.717) is 24.6 Å². The van der Waals surface area contributed by atoms with E-state index in [9.17, 15) is 9.59 Å². The van der Waals surface area contributed by atoms with E-state index in [1.54, 1.807) is 4.90 Å². The van der Waals surface area contributed by atoms with Gasteiger partial charge in [-0.3, -0.25) is 9.69 Å². The van der Waals surface area contributed by atoms with Gasteiger partial charge in [0.2, 0.25) is 0 Å². The van der Waals surface area contributed by atoms with E-state index in [1.165, 1.54) is 18.3 Å². The van der Waals surface area contributed by atoms with E-state index in [1.807, 2.05) is 0 Å². The van der Waals surface area contributed by atoms with Crippen LogP contribution in [0, 0.1) is 5.92 Å². The quantitative estimate of drug-likeness (QED) is 0.902. The van der Waals surface area contributed by atoms with Gasteiger partial charge in [0.1, 0.15) is 5.69 Å². The van der Waals surface area contributed by atoms with Crippen LogP contribution < -0.4 is 0 Å². The molecule has 1 N–H and O–H groups in total. The predicted molar refractivity (Wildman–Crippen MR) is 78.4 cm³/mol. The minimum atomic E-state index is -1.09. The second-order valence-electron chi connectivity index (χ2n) is 5.72. The van der Waals surface area contributed by atoms with Gasteiger partial charge in [-0.15, -0.1) is 0 Å². The third kappa shape index (κ3) is 4.01. The first kappa shape index (κ1) is 15.4. The van der Waals surface area contributed by atoms with Crippen LogP contribution in [-0.2, 0) is 0 Å². The molecule has 21 heavy (non-hydrogen) atoms. The Morgan fingerprint density at radius 1 is 1.24 bits per heavy atom. The number of carboxylic acid groups (broad SMARTS) is 1. The zero-order valence-electron chi connectivity index (χ0n) is 12.5. The molecule has 1 fully saturated rings.